The lowest BCUT2D eigenvalue weighted by Crippen LogP contribution is -2.22. The van der Waals surface area contributed by atoms with Gasteiger partial charge in [-0.1, -0.05) is 40.5 Å². The normalized spacial score (nSPS) is 56.8. The molecule has 0 spiro atoms. The van der Waals surface area contributed by atoms with Gasteiger partial charge in [-0.15, -0.1) is 0 Å². The number of rotatable bonds is 0. The smallest absolute Gasteiger partial charge is 0.0289 e. The van der Waals surface area contributed by atoms with Crippen LogP contribution in [-0.2, 0) is 0 Å². The highest BCUT2D eigenvalue weighted by Crippen LogP contribution is 2.70. The Balaban J connectivity index is 1.90. The predicted molar refractivity (Wildman–Crippen MR) is 64.5 cm³/mol. The second kappa shape index (κ2) is 3.02. The minimum Gasteiger partial charge on any atom is -0.0622 e. The van der Waals surface area contributed by atoms with Gasteiger partial charge >= 0.3 is 0 Å². The molecule has 0 saturated heterocycles. The molecule has 3 rings (SSSR count). The molecule has 3 fully saturated rings. The Labute approximate surface area is 94.8 Å². The summed E-state index contributed by atoms with van der Waals surface area (Å²) in [6, 6.07) is 0. The van der Waals surface area contributed by atoms with Crippen LogP contribution in [0, 0.1) is 40.9 Å². The SMILES string of the molecule is C[C@H]1CC[C@@H]2[C@H]([C@H]3[C@@H]1CC[C@@H]3C)C2(C)C. The number of hydrogen-bond acceptors (Lipinski definition) is 0. The minimum absolute atomic E-state index is 0.696. The Kier molecular flexibility index (Phi) is 2.05. The highest BCUT2D eigenvalue weighted by molar-refractivity contribution is 5.12. The van der Waals surface area contributed by atoms with Gasteiger partial charge in [0.05, 0.1) is 0 Å². The van der Waals surface area contributed by atoms with Crippen molar-refractivity contribution in [3.8, 4) is 0 Å². The van der Waals surface area contributed by atoms with E-state index >= 15 is 0 Å². The third kappa shape index (κ3) is 1.26. The topological polar surface area (TPSA) is 0 Å². The van der Waals surface area contributed by atoms with E-state index in [1.165, 1.54) is 25.7 Å². The van der Waals surface area contributed by atoms with Gasteiger partial charge in [0, 0.05) is 0 Å². The quantitative estimate of drug-likeness (QED) is 0.553. The van der Waals surface area contributed by atoms with Crippen LogP contribution in [0.5, 0.6) is 0 Å². The van der Waals surface area contributed by atoms with Crippen molar-refractivity contribution in [3.05, 3.63) is 0 Å². The average Bonchev–Trinajstić information content (AvgIpc) is 2.55. The average molecular weight is 206 g/mol. The standard InChI is InChI=1S/C15H26/c1-9-6-8-12-14(15(12,3)4)13-10(2)5-7-11(9)13/h9-14H,5-8H2,1-4H3/t9-,10-,11+,12+,13+,14+/m0/s1. The molecule has 0 nitrogen and oxygen atoms in total. The largest absolute Gasteiger partial charge is 0.0622 e. The first-order chi connectivity index (χ1) is 7.03. The van der Waals surface area contributed by atoms with Crippen molar-refractivity contribution in [3.63, 3.8) is 0 Å². The molecule has 0 unspecified atom stereocenters. The molecule has 3 aliphatic carbocycles. The molecular formula is C15H26. The number of hydrogen-bond donors (Lipinski definition) is 0. The van der Waals surface area contributed by atoms with E-state index < -0.39 is 0 Å². The van der Waals surface area contributed by atoms with Crippen molar-refractivity contribution >= 4 is 0 Å². The molecule has 0 aromatic carbocycles. The van der Waals surface area contributed by atoms with E-state index in [2.05, 4.69) is 27.7 Å². The highest BCUT2D eigenvalue weighted by Gasteiger charge is 2.64. The van der Waals surface area contributed by atoms with Gasteiger partial charge in [0.2, 0.25) is 0 Å². The van der Waals surface area contributed by atoms with Crippen molar-refractivity contribution in [1.82, 2.24) is 0 Å². The molecule has 0 heteroatoms. The molecule has 0 N–H and O–H groups in total. The molecule has 3 saturated carbocycles. The monoisotopic (exact) mass is 206 g/mol. The summed E-state index contributed by atoms with van der Waals surface area (Å²) in [5.41, 5.74) is 0.696. The van der Waals surface area contributed by atoms with Crippen LogP contribution in [0.2, 0.25) is 0 Å². The van der Waals surface area contributed by atoms with E-state index in [0.29, 0.717) is 5.41 Å². The second-order valence-corrected chi connectivity index (χ2v) is 7.30. The van der Waals surface area contributed by atoms with Crippen molar-refractivity contribution in [2.75, 3.05) is 0 Å². The van der Waals surface area contributed by atoms with Crippen LogP contribution in [0.25, 0.3) is 0 Å². The maximum absolute atomic E-state index is 2.53. The lowest BCUT2D eigenvalue weighted by Gasteiger charge is -2.28. The molecule has 15 heavy (non-hydrogen) atoms. The van der Waals surface area contributed by atoms with Gasteiger partial charge < -0.3 is 0 Å². The first-order valence-electron chi connectivity index (χ1n) is 7.03. The molecule has 0 aromatic rings. The fourth-order valence-electron chi connectivity index (χ4n) is 5.31. The maximum atomic E-state index is 2.53. The van der Waals surface area contributed by atoms with Crippen LogP contribution in [-0.4, -0.2) is 0 Å². The molecule has 0 aliphatic heterocycles. The third-order valence-electron chi connectivity index (χ3n) is 6.32. The Morgan fingerprint density at radius 2 is 1.53 bits per heavy atom. The van der Waals surface area contributed by atoms with E-state index in [1.807, 2.05) is 0 Å². The number of fused-ring (bicyclic) bond motifs is 3. The van der Waals surface area contributed by atoms with Crippen LogP contribution < -0.4 is 0 Å². The highest BCUT2D eigenvalue weighted by atomic mass is 14.7. The maximum Gasteiger partial charge on any atom is -0.0289 e. The van der Waals surface area contributed by atoms with Crippen LogP contribution in [0.4, 0.5) is 0 Å². The third-order valence-corrected chi connectivity index (χ3v) is 6.32. The van der Waals surface area contributed by atoms with Gasteiger partial charge in [-0.2, -0.15) is 0 Å². The van der Waals surface area contributed by atoms with Gasteiger partial charge in [0.25, 0.3) is 0 Å². The molecule has 86 valence electrons. The zero-order valence-electron chi connectivity index (χ0n) is 10.8. The van der Waals surface area contributed by atoms with E-state index in [4.69, 9.17) is 0 Å². The van der Waals surface area contributed by atoms with Gasteiger partial charge in [-0.25, -0.2) is 0 Å². The summed E-state index contributed by atoms with van der Waals surface area (Å²) in [5.74, 6) is 6.37. The van der Waals surface area contributed by atoms with Crippen LogP contribution in [0.1, 0.15) is 53.4 Å². The van der Waals surface area contributed by atoms with Gasteiger partial charge in [0.1, 0.15) is 0 Å². The lowest BCUT2D eigenvalue weighted by molar-refractivity contribution is 0.202. The molecule has 0 radical (unpaired) electrons. The summed E-state index contributed by atoms with van der Waals surface area (Å²) < 4.78 is 0. The molecule has 0 aromatic heterocycles. The Hall–Kier alpha value is 0. The van der Waals surface area contributed by atoms with E-state index in [9.17, 15) is 0 Å². The molecule has 0 heterocycles. The predicted octanol–water partition coefficient (Wildman–Crippen LogP) is 4.35. The summed E-state index contributed by atoms with van der Waals surface area (Å²) in [7, 11) is 0. The molecule has 3 aliphatic rings. The molecule has 6 atom stereocenters. The van der Waals surface area contributed by atoms with Crippen molar-refractivity contribution < 1.29 is 0 Å². The lowest BCUT2D eigenvalue weighted by atomic mass is 9.77. The summed E-state index contributed by atoms with van der Waals surface area (Å²) in [4.78, 5) is 0. The molecule has 0 amide bonds. The zero-order valence-corrected chi connectivity index (χ0v) is 10.8. The summed E-state index contributed by atoms with van der Waals surface area (Å²) in [6.07, 6.45) is 6.09. The van der Waals surface area contributed by atoms with Gasteiger partial charge in [-0.3, -0.25) is 0 Å². The van der Waals surface area contributed by atoms with Crippen molar-refractivity contribution in [2.45, 2.75) is 53.4 Å². The van der Waals surface area contributed by atoms with Crippen LogP contribution in [0.15, 0.2) is 0 Å². The van der Waals surface area contributed by atoms with Crippen LogP contribution in [0.3, 0.4) is 0 Å². The minimum atomic E-state index is 0.696. The fraction of sp³-hybridized carbons (Fsp3) is 1.00. The molecule has 0 bridgehead atoms. The first kappa shape index (κ1) is 10.2. The zero-order chi connectivity index (χ0) is 10.8. The Morgan fingerprint density at radius 1 is 0.867 bits per heavy atom. The molecular weight excluding hydrogens is 180 g/mol. The summed E-state index contributed by atoms with van der Waals surface area (Å²) in [6.45, 7) is 10.1. The fourth-order valence-corrected chi connectivity index (χ4v) is 5.31. The van der Waals surface area contributed by atoms with Gasteiger partial charge in [0.15, 0.2) is 0 Å². The Bertz CT molecular complexity index is 265. The Morgan fingerprint density at radius 3 is 2.27 bits per heavy atom. The van der Waals surface area contributed by atoms with Crippen molar-refractivity contribution in [1.29, 1.82) is 0 Å². The summed E-state index contributed by atoms with van der Waals surface area (Å²) >= 11 is 0. The van der Waals surface area contributed by atoms with E-state index in [1.54, 1.807) is 0 Å². The van der Waals surface area contributed by atoms with Crippen molar-refractivity contribution in [2.24, 2.45) is 40.9 Å². The van der Waals surface area contributed by atoms with E-state index in [-0.39, 0.29) is 0 Å². The first-order valence-corrected chi connectivity index (χ1v) is 7.03. The second-order valence-electron chi connectivity index (χ2n) is 7.30. The van der Waals surface area contributed by atoms with Crippen LogP contribution >= 0.6 is 0 Å². The van der Waals surface area contributed by atoms with E-state index in [0.717, 1.165) is 35.5 Å². The van der Waals surface area contributed by atoms with Gasteiger partial charge in [-0.05, 0) is 53.8 Å². The summed E-state index contributed by atoms with van der Waals surface area (Å²) in [5, 5.41) is 0.